The summed E-state index contributed by atoms with van der Waals surface area (Å²) in [5.41, 5.74) is 0.811. The number of fused-ring (bicyclic) bond motifs is 1. The number of piperazine rings is 2. The highest BCUT2D eigenvalue weighted by molar-refractivity contribution is 5.92. The molecule has 3 aromatic rings. The summed E-state index contributed by atoms with van der Waals surface area (Å²) in [6.07, 6.45) is -5.94. The molecule has 0 spiro atoms. The van der Waals surface area contributed by atoms with Crippen molar-refractivity contribution in [1.29, 1.82) is 0 Å². The molecular weight excluding hydrogens is 668 g/mol. The van der Waals surface area contributed by atoms with E-state index >= 15 is 0 Å². The smallest absolute Gasteiger partial charge is 0.229 e. The number of hydrogen-bond acceptors (Lipinski definition) is 16. The summed E-state index contributed by atoms with van der Waals surface area (Å²) in [7, 11) is 0. The fraction of sp³-hybridized carbons (Fsp3) is 0.571. The van der Waals surface area contributed by atoms with Crippen molar-refractivity contribution in [2.45, 2.75) is 43.8 Å². The van der Waals surface area contributed by atoms with E-state index in [2.05, 4.69) is 19.6 Å². The summed E-state index contributed by atoms with van der Waals surface area (Å²) in [6.45, 7) is 6.67. The molecule has 8 N–H and O–H groups in total. The Labute approximate surface area is 294 Å². The number of ether oxygens (including phenoxy) is 2. The second-order valence-corrected chi connectivity index (χ2v) is 13.4. The number of benzene rings is 2. The Morgan fingerprint density at radius 2 is 1.25 bits per heavy atom. The molecule has 0 unspecified atom stereocenters. The van der Waals surface area contributed by atoms with Crippen LogP contribution in [0.5, 0.6) is 17.2 Å². The monoisotopic (exact) mass is 716 g/mol. The van der Waals surface area contributed by atoms with E-state index in [1.807, 2.05) is 0 Å². The molecular formula is C35H48N4O12. The molecule has 1 aromatic heterocycles. The zero-order chi connectivity index (χ0) is 36.2. The third-order valence-electron chi connectivity index (χ3n) is 10.2. The zero-order valence-corrected chi connectivity index (χ0v) is 28.4. The maximum atomic E-state index is 14.2. The van der Waals surface area contributed by atoms with Crippen LogP contribution in [-0.2, 0) is 17.8 Å². The van der Waals surface area contributed by atoms with Crippen molar-refractivity contribution in [3.63, 3.8) is 0 Å². The number of aliphatic hydroxyl groups excluding tert-OH is 6. The highest BCUT2D eigenvalue weighted by atomic mass is 16.7. The van der Waals surface area contributed by atoms with Crippen LogP contribution in [0.15, 0.2) is 39.7 Å². The van der Waals surface area contributed by atoms with Crippen molar-refractivity contribution < 1.29 is 54.7 Å². The van der Waals surface area contributed by atoms with Crippen LogP contribution in [0.25, 0.3) is 22.1 Å². The summed E-state index contributed by atoms with van der Waals surface area (Å²) in [6, 6.07) is 6.19. The molecule has 0 saturated carbocycles. The lowest BCUT2D eigenvalue weighted by Gasteiger charge is -2.39. The number of hydrogen-bond donors (Lipinski definition) is 8. The van der Waals surface area contributed by atoms with Crippen LogP contribution in [0.2, 0.25) is 0 Å². The minimum Gasteiger partial charge on any atom is -0.507 e. The first-order valence-corrected chi connectivity index (χ1v) is 17.3. The molecule has 16 heteroatoms. The average Bonchev–Trinajstić information content (AvgIpc) is 3.14. The molecule has 16 nitrogen and oxygen atoms in total. The van der Waals surface area contributed by atoms with Gasteiger partial charge in [0, 0.05) is 78.5 Å². The number of aliphatic hydroxyl groups is 6. The van der Waals surface area contributed by atoms with Crippen LogP contribution in [-0.4, -0.2) is 176 Å². The number of phenolic OH excluding ortho intramolecular Hbond substituents is 2. The van der Waals surface area contributed by atoms with Gasteiger partial charge in [-0.05, 0) is 17.7 Å². The lowest BCUT2D eigenvalue weighted by Crippen LogP contribution is -2.60. The lowest BCUT2D eigenvalue weighted by atomic mass is 9.98. The van der Waals surface area contributed by atoms with Gasteiger partial charge in [0.25, 0.3) is 0 Å². The molecule has 0 amide bonds. The highest BCUT2D eigenvalue weighted by Gasteiger charge is 2.44. The van der Waals surface area contributed by atoms with Crippen molar-refractivity contribution >= 4 is 11.0 Å². The Morgan fingerprint density at radius 1 is 0.706 bits per heavy atom. The van der Waals surface area contributed by atoms with Crippen molar-refractivity contribution in [3.05, 3.63) is 51.9 Å². The minimum atomic E-state index is -1.60. The predicted octanol–water partition coefficient (Wildman–Crippen LogP) is -1.73. The number of aromatic hydroxyl groups is 2. The Bertz CT molecular complexity index is 1670. The zero-order valence-electron chi connectivity index (χ0n) is 28.4. The topological polar surface area (TPSA) is 223 Å². The van der Waals surface area contributed by atoms with E-state index in [1.165, 1.54) is 18.4 Å². The first-order chi connectivity index (χ1) is 24.6. The highest BCUT2D eigenvalue weighted by Crippen LogP contribution is 2.41. The first kappa shape index (κ1) is 37.4. The molecule has 51 heavy (non-hydrogen) atoms. The Hall–Kier alpha value is -3.39. The first-order valence-electron chi connectivity index (χ1n) is 17.3. The van der Waals surface area contributed by atoms with Crippen molar-refractivity contribution in [2.75, 3.05) is 85.3 Å². The number of β-amino-alcohol motifs (C(OH)–C–C–N with tert-alkyl or cyclic N) is 2. The quantitative estimate of drug-likeness (QED) is 0.104. The maximum absolute atomic E-state index is 14.2. The molecule has 0 aliphatic carbocycles. The van der Waals surface area contributed by atoms with Crippen LogP contribution < -0.4 is 10.2 Å². The Morgan fingerprint density at radius 3 is 1.80 bits per heavy atom. The van der Waals surface area contributed by atoms with E-state index in [4.69, 9.17) is 13.9 Å². The van der Waals surface area contributed by atoms with Gasteiger partial charge < -0.3 is 54.7 Å². The maximum Gasteiger partial charge on any atom is 0.229 e. The molecule has 0 radical (unpaired) electrons. The molecule has 0 bridgehead atoms. The molecule has 280 valence electrons. The standard InChI is InChI=1S/C35H48N4O12/c40-15-13-36-5-9-38(10-6-36)17-23-28(43)24(18-39-11-7-37(8-12-39)14-16-41)34-27(29(23)44)30(45)25(20-49-34)21-1-3-22(4-2-21)50-35-33(48)32(47)31(46)26(19-42)51-35/h1-4,20,26,31-33,35,40-44,46-48H,5-19H2/t26-,31-,32+,33-,35+/m0/s1. The summed E-state index contributed by atoms with van der Waals surface area (Å²) in [5.74, 6) is -0.264. The van der Waals surface area contributed by atoms with Gasteiger partial charge in [-0.25, -0.2) is 0 Å². The van der Waals surface area contributed by atoms with Crippen molar-refractivity contribution in [3.8, 4) is 28.4 Å². The van der Waals surface area contributed by atoms with Crippen LogP contribution in [0.1, 0.15) is 11.1 Å². The molecule has 3 aliphatic heterocycles. The second kappa shape index (κ2) is 16.5. The molecule has 3 fully saturated rings. The van der Waals surface area contributed by atoms with Gasteiger partial charge in [-0.1, -0.05) is 12.1 Å². The van der Waals surface area contributed by atoms with Crippen molar-refractivity contribution in [1.82, 2.24) is 19.6 Å². The van der Waals surface area contributed by atoms with Gasteiger partial charge in [-0.2, -0.15) is 0 Å². The van der Waals surface area contributed by atoms with E-state index in [1.54, 1.807) is 12.1 Å². The van der Waals surface area contributed by atoms with Crippen molar-refractivity contribution in [2.24, 2.45) is 0 Å². The fourth-order valence-electron chi connectivity index (χ4n) is 7.04. The average molecular weight is 717 g/mol. The summed E-state index contributed by atoms with van der Waals surface area (Å²) < 4.78 is 17.2. The summed E-state index contributed by atoms with van der Waals surface area (Å²) in [5, 5.41) is 81.9. The summed E-state index contributed by atoms with van der Waals surface area (Å²) >= 11 is 0. The van der Waals surface area contributed by atoms with E-state index < -0.39 is 42.7 Å². The molecule has 4 heterocycles. The van der Waals surface area contributed by atoms with E-state index in [-0.39, 0.29) is 65.6 Å². The SMILES string of the molecule is O=c1c(-c2ccc(O[C@@H]3O[C@@H](CO)[C@H](O)[C@@H](O)[C@@H]3O)cc2)coc2c(CN3CCN(CCO)CC3)c(O)c(CN3CCN(CCO)CC3)c(O)c12. The van der Waals surface area contributed by atoms with Crippen LogP contribution >= 0.6 is 0 Å². The normalized spacial score (nSPS) is 25.8. The fourth-order valence-corrected chi connectivity index (χ4v) is 7.04. The third-order valence-corrected chi connectivity index (χ3v) is 10.2. The molecule has 6 rings (SSSR count). The van der Waals surface area contributed by atoms with Gasteiger partial charge >= 0.3 is 0 Å². The largest absolute Gasteiger partial charge is 0.507 e. The second-order valence-electron chi connectivity index (χ2n) is 13.4. The van der Waals surface area contributed by atoms with E-state index in [0.29, 0.717) is 63.5 Å². The number of phenols is 2. The minimum absolute atomic E-state index is 0.0465. The molecule has 5 atom stereocenters. The predicted molar refractivity (Wildman–Crippen MR) is 183 cm³/mol. The Balaban J connectivity index is 1.30. The van der Waals surface area contributed by atoms with Gasteiger partial charge in [0.1, 0.15) is 58.9 Å². The van der Waals surface area contributed by atoms with Crippen LogP contribution in [0.4, 0.5) is 0 Å². The summed E-state index contributed by atoms with van der Waals surface area (Å²) in [4.78, 5) is 22.7. The van der Waals surface area contributed by atoms with Gasteiger partial charge in [0.05, 0.1) is 36.5 Å². The van der Waals surface area contributed by atoms with Gasteiger partial charge in [0.2, 0.25) is 11.7 Å². The lowest BCUT2D eigenvalue weighted by molar-refractivity contribution is -0.277. The third kappa shape index (κ3) is 8.01. The number of nitrogens with zero attached hydrogens (tertiary/aromatic N) is 4. The van der Waals surface area contributed by atoms with Gasteiger partial charge in [-0.3, -0.25) is 24.4 Å². The molecule has 3 saturated heterocycles. The molecule has 3 aliphatic rings. The van der Waals surface area contributed by atoms with E-state index in [9.17, 15) is 45.6 Å². The molecule has 2 aromatic carbocycles. The Kier molecular flexibility index (Phi) is 12.1. The van der Waals surface area contributed by atoms with Crippen LogP contribution in [0, 0.1) is 0 Å². The van der Waals surface area contributed by atoms with Crippen LogP contribution in [0.3, 0.4) is 0 Å². The van der Waals surface area contributed by atoms with E-state index in [0.717, 1.165) is 13.1 Å². The number of rotatable bonds is 12. The van der Waals surface area contributed by atoms with Gasteiger partial charge in [-0.15, -0.1) is 0 Å². The van der Waals surface area contributed by atoms with Gasteiger partial charge in [0.15, 0.2) is 0 Å².